The smallest absolute Gasteiger partial charge is 0.235 e. The van der Waals surface area contributed by atoms with Crippen LogP contribution in [-0.4, -0.2) is 26.2 Å². The molecule has 0 spiro atoms. The van der Waals surface area contributed by atoms with Gasteiger partial charge < -0.3 is 9.52 Å². The fourth-order valence-electron chi connectivity index (χ4n) is 2.65. The SMILES string of the molecule is Br.CCC[CH2][Sn][CH2]CCC.O=c1c(O)c(-c2ccccc2)oc2ccccc12. The van der Waals surface area contributed by atoms with E-state index in [-0.39, 0.29) is 49.6 Å². The second-order valence-electron chi connectivity index (χ2n) is 6.43. The van der Waals surface area contributed by atoms with Gasteiger partial charge in [0.05, 0.1) is 5.39 Å². The molecular weight excluding hydrogens is 523 g/mol. The van der Waals surface area contributed by atoms with E-state index < -0.39 is 5.43 Å². The van der Waals surface area contributed by atoms with E-state index >= 15 is 0 Å². The summed E-state index contributed by atoms with van der Waals surface area (Å²) in [5.41, 5.74) is 0.743. The van der Waals surface area contributed by atoms with Crippen molar-refractivity contribution in [3.8, 4) is 17.1 Å². The van der Waals surface area contributed by atoms with Crippen molar-refractivity contribution in [2.45, 2.75) is 48.4 Å². The molecule has 0 fully saturated rings. The summed E-state index contributed by atoms with van der Waals surface area (Å²) >= 11 is 0.149. The number of unbranched alkanes of at least 4 members (excludes halogenated alkanes) is 2. The van der Waals surface area contributed by atoms with Gasteiger partial charge in [-0.3, -0.25) is 4.79 Å². The summed E-state index contributed by atoms with van der Waals surface area (Å²) in [7, 11) is 0. The van der Waals surface area contributed by atoms with Crippen LogP contribution >= 0.6 is 17.0 Å². The van der Waals surface area contributed by atoms with E-state index in [4.69, 9.17) is 4.42 Å². The molecule has 3 nitrogen and oxygen atoms in total. The van der Waals surface area contributed by atoms with Crippen LogP contribution in [0.15, 0.2) is 63.8 Å². The largest absolute Gasteiger partial charge is 0.502 e. The Labute approximate surface area is 188 Å². The number of fused-ring (bicyclic) bond motifs is 1. The first-order chi connectivity index (χ1) is 13.2. The van der Waals surface area contributed by atoms with Crippen molar-refractivity contribution in [2.75, 3.05) is 0 Å². The van der Waals surface area contributed by atoms with Gasteiger partial charge in [0.1, 0.15) is 5.58 Å². The molecule has 2 aromatic carbocycles. The zero-order valence-electron chi connectivity index (χ0n) is 16.6. The quantitative estimate of drug-likeness (QED) is 0.257. The summed E-state index contributed by atoms with van der Waals surface area (Å²) in [6.45, 7) is 4.58. The normalized spacial score (nSPS) is 10.1. The van der Waals surface area contributed by atoms with Gasteiger partial charge in [-0.05, 0) is 12.1 Å². The summed E-state index contributed by atoms with van der Waals surface area (Å²) in [4.78, 5) is 12.0. The van der Waals surface area contributed by atoms with Gasteiger partial charge in [0.15, 0.2) is 5.76 Å². The number of hydrogen-bond donors (Lipinski definition) is 1. The van der Waals surface area contributed by atoms with E-state index in [9.17, 15) is 9.90 Å². The molecule has 1 N–H and O–H groups in total. The minimum absolute atomic E-state index is 0. The molecule has 150 valence electrons. The Balaban J connectivity index is 0.000000339. The Morgan fingerprint density at radius 2 is 1.46 bits per heavy atom. The molecule has 0 bridgehead atoms. The van der Waals surface area contributed by atoms with Crippen molar-refractivity contribution in [3.63, 3.8) is 0 Å². The Morgan fingerprint density at radius 1 is 0.893 bits per heavy atom. The molecular formula is C23H29BrO3Sn. The van der Waals surface area contributed by atoms with E-state index in [0.717, 1.165) is 0 Å². The van der Waals surface area contributed by atoms with Gasteiger partial charge in [0, 0.05) is 5.56 Å². The number of halogens is 1. The van der Waals surface area contributed by atoms with E-state index in [1.54, 1.807) is 45.3 Å². The summed E-state index contributed by atoms with van der Waals surface area (Å²) in [5.74, 6) is -0.140. The van der Waals surface area contributed by atoms with Gasteiger partial charge >= 0.3 is 69.5 Å². The number of rotatable bonds is 7. The van der Waals surface area contributed by atoms with Gasteiger partial charge in [0.25, 0.3) is 0 Å². The van der Waals surface area contributed by atoms with Gasteiger partial charge in [-0.15, -0.1) is 17.0 Å². The Bertz CT molecular complexity index is 872. The van der Waals surface area contributed by atoms with Gasteiger partial charge in [-0.1, -0.05) is 42.5 Å². The van der Waals surface area contributed by atoms with Crippen LogP contribution in [0, 0.1) is 0 Å². The first-order valence-corrected chi connectivity index (χ1v) is 13.7. The molecule has 0 amide bonds. The Kier molecular flexibility index (Phi) is 12.2. The molecule has 0 aliphatic rings. The van der Waals surface area contributed by atoms with E-state index in [1.807, 2.05) is 18.2 Å². The van der Waals surface area contributed by atoms with Gasteiger partial charge in [-0.2, -0.15) is 0 Å². The average Bonchev–Trinajstić information content (AvgIpc) is 2.72. The van der Waals surface area contributed by atoms with Gasteiger partial charge in [0.2, 0.25) is 11.2 Å². The van der Waals surface area contributed by atoms with Crippen molar-refractivity contribution in [1.82, 2.24) is 0 Å². The summed E-state index contributed by atoms with van der Waals surface area (Å²) < 4.78 is 8.86. The predicted octanol–water partition coefficient (Wildman–Crippen LogP) is 6.87. The molecule has 1 heterocycles. The molecule has 1 aromatic heterocycles. The van der Waals surface area contributed by atoms with Crippen LogP contribution in [0.1, 0.15) is 39.5 Å². The van der Waals surface area contributed by atoms with Crippen LogP contribution in [0.3, 0.4) is 0 Å². The van der Waals surface area contributed by atoms with Crippen LogP contribution in [0.25, 0.3) is 22.3 Å². The number of hydrogen-bond acceptors (Lipinski definition) is 3. The van der Waals surface area contributed by atoms with Crippen molar-refractivity contribution in [2.24, 2.45) is 0 Å². The fraction of sp³-hybridized carbons (Fsp3) is 0.348. The van der Waals surface area contributed by atoms with Crippen molar-refractivity contribution < 1.29 is 9.52 Å². The molecule has 3 aromatic rings. The van der Waals surface area contributed by atoms with Crippen molar-refractivity contribution >= 4 is 49.1 Å². The number of benzene rings is 2. The predicted molar refractivity (Wildman–Crippen MR) is 125 cm³/mol. The molecule has 3 rings (SSSR count). The molecule has 0 saturated carbocycles. The van der Waals surface area contributed by atoms with Crippen LogP contribution in [-0.2, 0) is 0 Å². The Morgan fingerprint density at radius 3 is 2.07 bits per heavy atom. The molecule has 0 saturated heterocycles. The minimum atomic E-state index is -0.407. The van der Waals surface area contributed by atoms with Crippen molar-refractivity contribution in [1.29, 1.82) is 0 Å². The van der Waals surface area contributed by atoms with Crippen molar-refractivity contribution in [3.05, 3.63) is 64.8 Å². The third-order valence-corrected chi connectivity index (χ3v) is 8.26. The monoisotopic (exact) mass is 552 g/mol. The third-order valence-electron chi connectivity index (χ3n) is 4.22. The molecule has 5 heteroatoms. The van der Waals surface area contributed by atoms with E-state index in [0.29, 0.717) is 16.5 Å². The molecule has 0 unspecified atom stereocenters. The molecule has 0 atom stereocenters. The first-order valence-electron chi connectivity index (χ1n) is 9.70. The van der Waals surface area contributed by atoms with E-state index in [1.165, 1.54) is 25.7 Å². The third kappa shape index (κ3) is 7.28. The number of para-hydroxylation sites is 1. The van der Waals surface area contributed by atoms with E-state index in [2.05, 4.69) is 13.8 Å². The van der Waals surface area contributed by atoms with Crippen LogP contribution in [0.2, 0.25) is 8.87 Å². The minimum Gasteiger partial charge on any atom is -0.502 e. The molecule has 0 aliphatic heterocycles. The van der Waals surface area contributed by atoms with Gasteiger partial charge in [-0.25, -0.2) is 0 Å². The summed E-state index contributed by atoms with van der Waals surface area (Å²) in [5, 5.41) is 10.3. The standard InChI is InChI=1S/C15H10O3.2C4H9.BrH.Sn/c16-13-11-8-4-5-9-12(11)18-15(14(13)17)10-6-2-1-3-7-10;2*1-3-4-2;;/h1-9,17H;2*1,3-4H2,2H3;1H;. The maximum Gasteiger partial charge on any atom is 0.235 e. The summed E-state index contributed by atoms with van der Waals surface area (Å²) in [6.07, 6.45) is 5.84. The molecule has 0 aliphatic carbocycles. The average molecular weight is 552 g/mol. The summed E-state index contributed by atoms with van der Waals surface area (Å²) in [6, 6.07) is 15.9. The van der Waals surface area contributed by atoms with Crippen LogP contribution in [0.4, 0.5) is 0 Å². The zero-order valence-corrected chi connectivity index (χ0v) is 21.2. The fourth-order valence-corrected chi connectivity index (χ4v) is 6.80. The first kappa shape index (κ1) is 24.8. The zero-order chi connectivity index (χ0) is 19.5. The maximum absolute atomic E-state index is 12.0. The maximum atomic E-state index is 12.0. The molecule has 28 heavy (non-hydrogen) atoms. The second kappa shape index (κ2) is 13.8. The molecule has 2 radical (unpaired) electrons. The Hall–Kier alpha value is -1.27. The second-order valence-corrected chi connectivity index (χ2v) is 10.7. The van der Waals surface area contributed by atoms with Crippen LogP contribution in [0.5, 0.6) is 5.75 Å². The number of aromatic hydroxyl groups is 1. The topological polar surface area (TPSA) is 50.4 Å². The van der Waals surface area contributed by atoms with Crippen LogP contribution < -0.4 is 5.43 Å².